The van der Waals surface area contributed by atoms with Gasteiger partial charge in [0.2, 0.25) is 0 Å². The van der Waals surface area contributed by atoms with Gasteiger partial charge in [0.15, 0.2) is 5.82 Å². The zero-order valence-corrected chi connectivity index (χ0v) is 24.6. The lowest BCUT2D eigenvalue weighted by Crippen LogP contribution is -2.37. The van der Waals surface area contributed by atoms with Crippen molar-refractivity contribution < 1.29 is 50.1 Å². The number of carbonyl (C=O) groups is 1. The number of hydrogen-bond acceptors (Lipinski definition) is 7. The monoisotopic (exact) mass is 669 g/mol. The van der Waals surface area contributed by atoms with E-state index < -0.39 is 70.3 Å². The fourth-order valence-electron chi connectivity index (χ4n) is 5.20. The van der Waals surface area contributed by atoms with Crippen molar-refractivity contribution in [3.8, 4) is 28.6 Å². The Labute approximate surface area is 261 Å². The lowest BCUT2D eigenvalue weighted by Gasteiger charge is -2.31. The highest BCUT2D eigenvalue weighted by Crippen LogP contribution is 2.38. The zero-order valence-electron chi connectivity index (χ0n) is 24.6. The van der Waals surface area contributed by atoms with Crippen LogP contribution in [0.2, 0.25) is 0 Å². The second-order valence-corrected chi connectivity index (χ2v) is 10.4. The van der Waals surface area contributed by atoms with Crippen molar-refractivity contribution in [3.05, 3.63) is 81.6 Å². The number of aliphatic hydroxyl groups is 1. The number of aliphatic hydroxyl groups excluding tert-OH is 1. The highest BCUT2D eigenvalue weighted by molar-refractivity contribution is 6.06. The first-order valence-corrected chi connectivity index (χ1v) is 13.9. The number of rotatable bonds is 8. The van der Waals surface area contributed by atoms with Crippen LogP contribution < -0.4 is 25.2 Å². The Bertz CT molecular complexity index is 1830. The molecular formula is C30H26F7N5O5. The van der Waals surface area contributed by atoms with E-state index in [0.717, 1.165) is 61.3 Å². The van der Waals surface area contributed by atoms with E-state index in [9.17, 15) is 36.6 Å². The third kappa shape index (κ3) is 6.74. The Morgan fingerprint density at radius 1 is 1.02 bits per heavy atom. The minimum absolute atomic E-state index is 0.0352. The number of nitrogens with zero attached hydrogens (tertiary/aromatic N) is 4. The van der Waals surface area contributed by atoms with E-state index in [1.165, 1.54) is 0 Å². The molecule has 47 heavy (non-hydrogen) atoms. The predicted octanol–water partition coefficient (Wildman–Crippen LogP) is 5.36. The van der Waals surface area contributed by atoms with Crippen molar-refractivity contribution in [2.45, 2.75) is 31.7 Å². The van der Waals surface area contributed by atoms with Gasteiger partial charge >= 0.3 is 12.8 Å². The molecule has 5 rings (SSSR count). The first-order chi connectivity index (χ1) is 22.2. The van der Waals surface area contributed by atoms with E-state index in [4.69, 9.17) is 4.74 Å². The van der Waals surface area contributed by atoms with Gasteiger partial charge in [0.1, 0.15) is 45.9 Å². The molecule has 17 heteroatoms. The van der Waals surface area contributed by atoms with E-state index in [-0.39, 0.29) is 36.0 Å². The van der Waals surface area contributed by atoms with Gasteiger partial charge in [-0.1, -0.05) is 0 Å². The van der Waals surface area contributed by atoms with Gasteiger partial charge < -0.3 is 24.8 Å². The number of halogens is 7. The van der Waals surface area contributed by atoms with Crippen LogP contribution in [0.3, 0.4) is 0 Å². The van der Waals surface area contributed by atoms with Crippen LogP contribution in [0.25, 0.3) is 17.1 Å². The summed E-state index contributed by atoms with van der Waals surface area (Å²) in [7, 11) is 2.20. The topological polar surface area (TPSA) is 111 Å². The van der Waals surface area contributed by atoms with E-state index in [0.29, 0.717) is 23.6 Å². The molecule has 1 amide bonds. The smallest absolute Gasteiger partial charge is 0.420 e. The van der Waals surface area contributed by atoms with Crippen LogP contribution >= 0.6 is 0 Å². The molecule has 2 aromatic heterocycles. The standard InChI is InChI=1S/C30H26F7N5O5/c1-40-25(23-20(31)13-18(46-2)14-21(23)32)24(39-27(44)15-3-5-17(6-4-15)47-29(33)34)28(45)42(40)26-19(30(35,36)37)7-8-22(38-26)41-11-9-16(43)10-12-41/h3-8,13-14,16,29,43H,9-12H2,1-2H3,(H,39,44). The number of hydrogen-bond donors (Lipinski definition) is 2. The molecule has 4 aromatic rings. The zero-order chi connectivity index (χ0) is 34.2. The summed E-state index contributed by atoms with van der Waals surface area (Å²) in [6.07, 6.45) is -5.03. The van der Waals surface area contributed by atoms with Gasteiger partial charge in [-0.05, 0) is 49.2 Å². The number of pyridine rings is 1. The molecule has 0 bridgehead atoms. The molecular weight excluding hydrogens is 643 g/mol. The molecule has 0 atom stereocenters. The molecule has 1 saturated heterocycles. The maximum Gasteiger partial charge on any atom is 0.420 e. The quantitative estimate of drug-likeness (QED) is 0.243. The Hall–Kier alpha value is -5.06. The number of benzene rings is 2. The number of amides is 1. The number of anilines is 2. The third-order valence-electron chi connectivity index (χ3n) is 7.49. The van der Waals surface area contributed by atoms with Crippen molar-refractivity contribution in [1.82, 2.24) is 14.3 Å². The average molecular weight is 670 g/mol. The van der Waals surface area contributed by atoms with Crippen molar-refractivity contribution in [1.29, 1.82) is 0 Å². The maximum absolute atomic E-state index is 15.4. The average Bonchev–Trinajstić information content (AvgIpc) is 3.24. The van der Waals surface area contributed by atoms with Crippen LogP contribution in [0.15, 0.2) is 53.3 Å². The summed E-state index contributed by atoms with van der Waals surface area (Å²) >= 11 is 0. The normalized spacial score (nSPS) is 14.1. The van der Waals surface area contributed by atoms with Crippen LogP contribution in [0.4, 0.5) is 42.2 Å². The van der Waals surface area contributed by atoms with Crippen molar-refractivity contribution in [3.63, 3.8) is 0 Å². The molecule has 0 saturated carbocycles. The lowest BCUT2D eigenvalue weighted by atomic mass is 10.1. The van der Waals surface area contributed by atoms with Crippen LogP contribution in [-0.2, 0) is 13.2 Å². The fraction of sp³-hybridized carbons (Fsp3) is 0.300. The van der Waals surface area contributed by atoms with E-state index >= 15 is 8.78 Å². The number of piperidine rings is 1. The SMILES string of the molecule is COc1cc(F)c(-c2c(NC(=O)c3ccc(OC(F)F)cc3)c(=O)n(-c3nc(N4CCC(O)CC4)ccc3C(F)(F)F)n2C)c(F)c1. The highest BCUT2D eigenvalue weighted by atomic mass is 19.4. The van der Waals surface area contributed by atoms with Crippen molar-refractivity contribution in [2.75, 3.05) is 30.4 Å². The summed E-state index contributed by atoms with van der Waals surface area (Å²) in [5, 5.41) is 12.1. The number of aromatic nitrogens is 3. The molecule has 10 nitrogen and oxygen atoms in total. The first kappa shape index (κ1) is 33.3. The third-order valence-corrected chi connectivity index (χ3v) is 7.49. The Morgan fingerprint density at radius 2 is 1.64 bits per heavy atom. The second-order valence-electron chi connectivity index (χ2n) is 10.4. The number of ether oxygens (including phenoxy) is 2. The Kier molecular flexibility index (Phi) is 9.20. The number of alkyl halides is 5. The Morgan fingerprint density at radius 3 is 2.19 bits per heavy atom. The number of carbonyl (C=O) groups excluding carboxylic acids is 1. The van der Waals surface area contributed by atoms with Gasteiger partial charge in [0.25, 0.3) is 11.5 Å². The molecule has 0 radical (unpaired) electrons. The number of nitrogens with one attached hydrogen (secondary N) is 1. The molecule has 1 aliphatic heterocycles. The van der Waals surface area contributed by atoms with E-state index in [1.807, 2.05) is 0 Å². The molecule has 1 aliphatic rings. The summed E-state index contributed by atoms with van der Waals surface area (Å²) < 4.78 is 109. The fourth-order valence-corrected chi connectivity index (χ4v) is 5.20. The molecule has 2 aromatic carbocycles. The van der Waals surface area contributed by atoms with Gasteiger partial charge in [-0.15, -0.1) is 0 Å². The minimum Gasteiger partial charge on any atom is -0.497 e. The molecule has 0 aliphatic carbocycles. The van der Waals surface area contributed by atoms with Crippen LogP contribution in [0.1, 0.15) is 28.8 Å². The first-order valence-electron chi connectivity index (χ1n) is 13.9. The molecule has 0 unspecified atom stereocenters. The summed E-state index contributed by atoms with van der Waals surface area (Å²) in [4.78, 5) is 33.0. The molecule has 0 spiro atoms. The van der Waals surface area contributed by atoms with Crippen LogP contribution in [0, 0.1) is 11.6 Å². The van der Waals surface area contributed by atoms with Gasteiger partial charge in [0, 0.05) is 37.8 Å². The predicted molar refractivity (Wildman–Crippen MR) is 154 cm³/mol. The lowest BCUT2D eigenvalue weighted by molar-refractivity contribution is -0.137. The molecule has 2 N–H and O–H groups in total. The highest BCUT2D eigenvalue weighted by Gasteiger charge is 2.38. The summed E-state index contributed by atoms with van der Waals surface area (Å²) in [6, 6.07) is 7.54. The van der Waals surface area contributed by atoms with Crippen LogP contribution in [-0.4, -0.2) is 58.3 Å². The number of methoxy groups -OCH3 is 1. The van der Waals surface area contributed by atoms with Crippen molar-refractivity contribution in [2.24, 2.45) is 7.05 Å². The molecule has 3 heterocycles. The van der Waals surface area contributed by atoms with Gasteiger partial charge in [-0.2, -0.15) is 26.6 Å². The van der Waals surface area contributed by atoms with E-state index in [1.54, 1.807) is 4.90 Å². The maximum atomic E-state index is 15.4. The van der Waals surface area contributed by atoms with Crippen LogP contribution in [0.5, 0.6) is 11.5 Å². The minimum atomic E-state index is -5.05. The summed E-state index contributed by atoms with van der Waals surface area (Å²) in [5.41, 5.74) is -5.25. The molecule has 250 valence electrons. The van der Waals surface area contributed by atoms with E-state index in [2.05, 4.69) is 15.0 Å². The van der Waals surface area contributed by atoms with Gasteiger partial charge in [0.05, 0.1) is 18.8 Å². The largest absolute Gasteiger partial charge is 0.497 e. The summed E-state index contributed by atoms with van der Waals surface area (Å²) in [5.74, 6) is -5.07. The van der Waals surface area contributed by atoms with Gasteiger partial charge in [-0.3, -0.25) is 14.3 Å². The van der Waals surface area contributed by atoms with Crippen molar-refractivity contribution >= 4 is 17.4 Å². The Balaban J connectivity index is 1.71. The van der Waals surface area contributed by atoms with Gasteiger partial charge in [-0.25, -0.2) is 13.8 Å². The molecule has 1 fully saturated rings. The second kappa shape index (κ2) is 13.0. The summed E-state index contributed by atoms with van der Waals surface area (Å²) in [6.45, 7) is -2.65.